The molecule has 1 heterocycles. The smallest absolute Gasteiger partial charge is 0.414 e. The first-order valence-corrected chi connectivity index (χ1v) is 8.87. The lowest BCUT2D eigenvalue weighted by Gasteiger charge is -2.24. The maximum Gasteiger partial charge on any atom is 0.414 e. The van der Waals surface area contributed by atoms with Crippen molar-refractivity contribution >= 4 is 17.7 Å². The molecule has 1 atom stereocenters. The minimum absolute atomic E-state index is 0.114. The zero-order valence-corrected chi connectivity index (χ0v) is 14.5. The van der Waals surface area contributed by atoms with Gasteiger partial charge in [0.15, 0.2) is 0 Å². The predicted octanol–water partition coefficient (Wildman–Crippen LogP) is 3.50. The molecule has 1 N–H and O–H groups in total. The van der Waals surface area contributed by atoms with Crippen molar-refractivity contribution in [3.8, 4) is 0 Å². The Balaban J connectivity index is 1.69. The molecule has 1 aromatic rings. The molecule has 3 rings (SSSR count). The molecular formula is C19H26N2O3. The summed E-state index contributed by atoms with van der Waals surface area (Å²) in [6.07, 6.45) is 5.89. The number of aryl methyl sites for hydroxylation is 1. The molecule has 0 radical (unpaired) electrons. The monoisotopic (exact) mass is 330 g/mol. The number of benzene rings is 1. The third kappa shape index (κ3) is 3.71. The predicted molar refractivity (Wildman–Crippen MR) is 93.3 cm³/mol. The zero-order chi connectivity index (χ0) is 17.1. The minimum Gasteiger partial charge on any atom is -0.442 e. The summed E-state index contributed by atoms with van der Waals surface area (Å²) in [6.45, 7) is 4.42. The normalized spacial score (nSPS) is 21.7. The SMILES string of the molecule is CC(=O)NCC1CN(c2ccc(C3CCCCC3)c(C)c2)C(=O)O1. The van der Waals surface area contributed by atoms with E-state index >= 15 is 0 Å². The lowest BCUT2D eigenvalue weighted by molar-refractivity contribution is -0.119. The van der Waals surface area contributed by atoms with Gasteiger partial charge in [-0.1, -0.05) is 25.3 Å². The summed E-state index contributed by atoms with van der Waals surface area (Å²) < 4.78 is 5.34. The number of hydrogen-bond donors (Lipinski definition) is 1. The van der Waals surface area contributed by atoms with Crippen LogP contribution in [0.1, 0.15) is 56.1 Å². The molecule has 130 valence electrons. The first-order chi connectivity index (χ1) is 11.5. The second-order valence-electron chi connectivity index (χ2n) is 6.93. The lowest BCUT2D eigenvalue weighted by atomic mass is 9.82. The van der Waals surface area contributed by atoms with Gasteiger partial charge in [0.1, 0.15) is 6.10 Å². The summed E-state index contributed by atoms with van der Waals surface area (Å²) in [7, 11) is 0. The molecule has 0 aromatic heterocycles. The Morgan fingerprint density at radius 3 is 2.71 bits per heavy atom. The minimum atomic E-state index is -0.338. The average molecular weight is 330 g/mol. The second-order valence-corrected chi connectivity index (χ2v) is 6.93. The van der Waals surface area contributed by atoms with Gasteiger partial charge < -0.3 is 10.1 Å². The lowest BCUT2D eigenvalue weighted by Crippen LogP contribution is -2.33. The van der Waals surface area contributed by atoms with Crippen LogP contribution in [-0.2, 0) is 9.53 Å². The molecule has 1 saturated heterocycles. The molecule has 5 nitrogen and oxygen atoms in total. The van der Waals surface area contributed by atoms with Gasteiger partial charge in [0.25, 0.3) is 0 Å². The molecule has 2 fully saturated rings. The molecule has 2 amide bonds. The van der Waals surface area contributed by atoms with Crippen molar-refractivity contribution in [2.24, 2.45) is 0 Å². The van der Waals surface area contributed by atoms with Crippen LogP contribution in [0.2, 0.25) is 0 Å². The molecule has 0 bridgehead atoms. The van der Waals surface area contributed by atoms with Gasteiger partial charge >= 0.3 is 6.09 Å². The van der Waals surface area contributed by atoms with E-state index in [1.165, 1.54) is 50.2 Å². The molecule has 24 heavy (non-hydrogen) atoms. The van der Waals surface area contributed by atoms with Crippen molar-refractivity contribution in [2.75, 3.05) is 18.0 Å². The van der Waals surface area contributed by atoms with Gasteiger partial charge in [-0.05, 0) is 48.9 Å². The Morgan fingerprint density at radius 1 is 1.29 bits per heavy atom. The maximum atomic E-state index is 12.1. The van der Waals surface area contributed by atoms with Gasteiger partial charge in [0.05, 0.1) is 13.1 Å². The number of hydrogen-bond acceptors (Lipinski definition) is 3. The zero-order valence-electron chi connectivity index (χ0n) is 14.5. The molecule has 1 unspecified atom stereocenters. The fourth-order valence-electron chi connectivity index (χ4n) is 3.80. The number of cyclic esters (lactones) is 1. The van der Waals surface area contributed by atoms with E-state index in [0.29, 0.717) is 19.0 Å². The number of nitrogens with one attached hydrogen (secondary N) is 1. The van der Waals surface area contributed by atoms with Gasteiger partial charge in [0, 0.05) is 12.6 Å². The summed E-state index contributed by atoms with van der Waals surface area (Å²) in [5, 5.41) is 2.70. The molecule has 1 aliphatic carbocycles. The van der Waals surface area contributed by atoms with Crippen molar-refractivity contribution in [3.05, 3.63) is 29.3 Å². The Labute approximate surface area is 143 Å². The van der Waals surface area contributed by atoms with Gasteiger partial charge in [-0.15, -0.1) is 0 Å². The van der Waals surface area contributed by atoms with Gasteiger partial charge in [-0.25, -0.2) is 4.79 Å². The van der Waals surface area contributed by atoms with E-state index < -0.39 is 0 Å². The summed E-state index contributed by atoms with van der Waals surface area (Å²) in [4.78, 5) is 24.8. The first-order valence-electron chi connectivity index (χ1n) is 8.87. The molecule has 1 aromatic carbocycles. The molecule has 0 spiro atoms. The number of carbonyl (C=O) groups is 2. The standard InChI is InChI=1S/C19H26N2O3/c1-13-10-16(8-9-18(13)15-6-4-3-5-7-15)21-12-17(24-19(21)23)11-20-14(2)22/h8-10,15,17H,3-7,11-12H2,1-2H3,(H,20,22). The van der Waals surface area contributed by atoms with Gasteiger partial charge in [-0.3, -0.25) is 9.69 Å². The topological polar surface area (TPSA) is 58.6 Å². The number of anilines is 1. The largest absolute Gasteiger partial charge is 0.442 e. The van der Waals surface area contributed by atoms with Crippen LogP contribution < -0.4 is 10.2 Å². The van der Waals surface area contributed by atoms with Crippen LogP contribution in [0, 0.1) is 6.92 Å². The summed E-state index contributed by atoms with van der Waals surface area (Å²) in [5.41, 5.74) is 3.54. The highest BCUT2D eigenvalue weighted by Crippen LogP contribution is 2.36. The van der Waals surface area contributed by atoms with E-state index in [1.54, 1.807) is 4.90 Å². The number of amides is 2. The van der Waals surface area contributed by atoms with Crippen LogP contribution in [0.4, 0.5) is 10.5 Å². The molecular weight excluding hydrogens is 304 g/mol. The molecule has 5 heteroatoms. The average Bonchev–Trinajstić information content (AvgIpc) is 2.94. The van der Waals surface area contributed by atoms with E-state index in [4.69, 9.17) is 4.74 Å². The van der Waals surface area contributed by atoms with E-state index in [0.717, 1.165) is 5.69 Å². The number of rotatable bonds is 4. The highest BCUT2D eigenvalue weighted by atomic mass is 16.6. The fourth-order valence-corrected chi connectivity index (χ4v) is 3.80. The molecule has 1 aliphatic heterocycles. The van der Waals surface area contributed by atoms with Crippen LogP contribution in [0.3, 0.4) is 0 Å². The Hall–Kier alpha value is -2.04. The number of carbonyl (C=O) groups excluding carboxylic acids is 2. The fraction of sp³-hybridized carbons (Fsp3) is 0.579. The number of ether oxygens (including phenoxy) is 1. The van der Waals surface area contributed by atoms with Crippen molar-refractivity contribution in [1.29, 1.82) is 0 Å². The summed E-state index contributed by atoms with van der Waals surface area (Å²) in [6, 6.07) is 6.29. The van der Waals surface area contributed by atoms with Crippen molar-refractivity contribution in [1.82, 2.24) is 5.32 Å². The van der Waals surface area contributed by atoms with E-state index in [1.807, 2.05) is 6.07 Å². The maximum absolute atomic E-state index is 12.1. The van der Waals surface area contributed by atoms with Crippen molar-refractivity contribution in [3.63, 3.8) is 0 Å². The summed E-state index contributed by atoms with van der Waals surface area (Å²) >= 11 is 0. The Morgan fingerprint density at radius 2 is 2.04 bits per heavy atom. The third-order valence-electron chi connectivity index (χ3n) is 5.06. The highest BCUT2D eigenvalue weighted by Gasteiger charge is 2.32. The Kier molecular flexibility index (Phi) is 5.07. The van der Waals surface area contributed by atoms with Gasteiger partial charge in [0.2, 0.25) is 5.91 Å². The van der Waals surface area contributed by atoms with Crippen LogP contribution in [0.15, 0.2) is 18.2 Å². The van der Waals surface area contributed by atoms with Crippen LogP contribution in [0.25, 0.3) is 0 Å². The van der Waals surface area contributed by atoms with Crippen LogP contribution in [0.5, 0.6) is 0 Å². The quantitative estimate of drug-likeness (QED) is 0.919. The van der Waals surface area contributed by atoms with E-state index in [9.17, 15) is 9.59 Å². The molecule has 1 saturated carbocycles. The summed E-state index contributed by atoms with van der Waals surface area (Å²) in [5.74, 6) is 0.544. The van der Waals surface area contributed by atoms with E-state index in [-0.39, 0.29) is 18.1 Å². The van der Waals surface area contributed by atoms with Gasteiger partial charge in [-0.2, -0.15) is 0 Å². The third-order valence-corrected chi connectivity index (χ3v) is 5.06. The van der Waals surface area contributed by atoms with E-state index in [2.05, 4.69) is 24.4 Å². The number of nitrogens with zero attached hydrogens (tertiary/aromatic N) is 1. The van der Waals surface area contributed by atoms with Crippen molar-refractivity contribution in [2.45, 2.75) is 58.0 Å². The first kappa shape index (κ1) is 16.8. The highest BCUT2D eigenvalue weighted by molar-refractivity contribution is 5.90. The molecule has 2 aliphatic rings. The van der Waals surface area contributed by atoms with Crippen LogP contribution in [-0.4, -0.2) is 31.2 Å². The Bertz CT molecular complexity index is 623. The van der Waals surface area contributed by atoms with Crippen molar-refractivity contribution < 1.29 is 14.3 Å². The second kappa shape index (κ2) is 7.24. The van der Waals surface area contributed by atoms with Crippen LogP contribution >= 0.6 is 0 Å².